The van der Waals surface area contributed by atoms with Crippen molar-refractivity contribution >= 4 is 5.97 Å². The van der Waals surface area contributed by atoms with Gasteiger partial charge in [-0.1, -0.05) is 70.8 Å². The summed E-state index contributed by atoms with van der Waals surface area (Å²) < 4.78 is 0. The standard InChI is InChI=1S/C32H56N2O5/c1-2-3-4-5-8-11-26(35)12-9-6-7-10-13-27(31(37)38)30(36)25-14-15-28-24(16-18-32(28,39)22-25)20-23-17-19-34-29(33)21-23/h17,21,24-28,30,34-36,39H,2-16,18-20,22,33H2,1H3,(H,37,38). The predicted octanol–water partition coefficient (Wildman–Crippen LogP) is 5.39. The molecule has 0 aromatic rings. The van der Waals surface area contributed by atoms with Gasteiger partial charge in [-0.15, -0.1) is 0 Å². The molecule has 3 aliphatic rings. The number of aliphatic hydroxyl groups excluding tert-OH is 2. The van der Waals surface area contributed by atoms with Gasteiger partial charge in [-0.05, 0) is 87.2 Å². The second-order valence-corrected chi connectivity index (χ2v) is 12.8. The molecule has 7 heteroatoms. The number of carboxylic acids is 1. The molecule has 1 aliphatic heterocycles. The second kappa shape index (κ2) is 16.0. The fraction of sp³-hybridized carbons (Fsp3) is 0.844. The first kappa shape index (κ1) is 32.0. The van der Waals surface area contributed by atoms with Crippen molar-refractivity contribution in [1.29, 1.82) is 0 Å². The van der Waals surface area contributed by atoms with Crippen molar-refractivity contribution in [2.45, 2.75) is 140 Å². The van der Waals surface area contributed by atoms with Crippen LogP contribution in [0.5, 0.6) is 0 Å². The van der Waals surface area contributed by atoms with Gasteiger partial charge in [0.1, 0.15) is 0 Å². The van der Waals surface area contributed by atoms with Gasteiger partial charge in [0, 0.05) is 6.54 Å². The molecule has 0 amide bonds. The van der Waals surface area contributed by atoms with Crippen molar-refractivity contribution in [3.05, 3.63) is 23.5 Å². The number of fused-ring (bicyclic) bond motifs is 1. The second-order valence-electron chi connectivity index (χ2n) is 12.8. The minimum Gasteiger partial charge on any atom is -0.481 e. The van der Waals surface area contributed by atoms with Gasteiger partial charge in [0.05, 0.1) is 29.5 Å². The molecule has 0 spiro atoms. The number of unbranched alkanes of at least 4 members (excludes halogenated alkanes) is 7. The van der Waals surface area contributed by atoms with Crippen LogP contribution in [0.25, 0.3) is 0 Å². The number of rotatable bonds is 18. The molecule has 7 unspecified atom stereocenters. The lowest BCUT2D eigenvalue weighted by atomic mass is 9.66. The number of hydrogen-bond donors (Lipinski definition) is 6. The lowest BCUT2D eigenvalue weighted by Gasteiger charge is -2.43. The highest BCUT2D eigenvalue weighted by molar-refractivity contribution is 5.70. The van der Waals surface area contributed by atoms with Gasteiger partial charge < -0.3 is 31.5 Å². The number of carboxylic acid groups (broad SMARTS) is 1. The molecule has 224 valence electrons. The summed E-state index contributed by atoms with van der Waals surface area (Å²) in [5, 5.41) is 45.9. The number of nitrogens with one attached hydrogen (secondary N) is 1. The van der Waals surface area contributed by atoms with Crippen molar-refractivity contribution in [1.82, 2.24) is 5.32 Å². The Bertz CT molecular complexity index is 814. The van der Waals surface area contributed by atoms with Crippen molar-refractivity contribution in [3.8, 4) is 0 Å². The van der Waals surface area contributed by atoms with Crippen LogP contribution in [0.2, 0.25) is 0 Å². The molecule has 0 aromatic carbocycles. The molecule has 2 saturated carbocycles. The van der Waals surface area contributed by atoms with E-state index in [0.29, 0.717) is 24.6 Å². The molecule has 7 nitrogen and oxygen atoms in total. The van der Waals surface area contributed by atoms with Crippen LogP contribution in [-0.2, 0) is 4.79 Å². The molecule has 3 rings (SSSR count). The minimum atomic E-state index is -0.929. The molecule has 0 aromatic heterocycles. The topological polar surface area (TPSA) is 136 Å². The summed E-state index contributed by atoms with van der Waals surface area (Å²) in [6.07, 6.45) is 19.6. The number of carbonyl (C=O) groups is 1. The van der Waals surface area contributed by atoms with Gasteiger partial charge >= 0.3 is 5.97 Å². The Morgan fingerprint density at radius 3 is 2.33 bits per heavy atom. The van der Waals surface area contributed by atoms with Gasteiger partial charge in [0.2, 0.25) is 0 Å². The number of nitrogens with two attached hydrogens (primary N) is 1. The monoisotopic (exact) mass is 548 g/mol. The maximum absolute atomic E-state index is 12.1. The fourth-order valence-electron chi connectivity index (χ4n) is 7.55. The normalized spacial score (nSPS) is 29.1. The quantitative estimate of drug-likeness (QED) is 0.126. The Labute approximate surface area is 236 Å². The lowest BCUT2D eigenvalue weighted by molar-refractivity contribution is -0.151. The van der Waals surface area contributed by atoms with Crippen LogP contribution >= 0.6 is 0 Å². The molecule has 7 N–H and O–H groups in total. The fourth-order valence-corrected chi connectivity index (χ4v) is 7.55. The molecule has 7 atom stereocenters. The third kappa shape index (κ3) is 9.79. The van der Waals surface area contributed by atoms with Crippen molar-refractivity contribution in [2.24, 2.45) is 29.4 Å². The van der Waals surface area contributed by atoms with Gasteiger partial charge in [-0.25, -0.2) is 0 Å². The smallest absolute Gasteiger partial charge is 0.309 e. The van der Waals surface area contributed by atoms with Crippen molar-refractivity contribution in [3.63, 3.8) is 0 Å². The number of aliphatic carboxylic acids is 1. The Hall–Kier alpha value is -1.57. The number of aliphatic hydroxyl groups is 3. The van der Waals surface area contributed by atoms with Gasteiger partial charge in [0.15, 0.2) is 0 Å². The van der Waals surface area contributed by atoms with Crippen LogP contribution in [0, 0.1) is 23.7 Å². The summed E-state index contributed by atoms with van der Waals surface area (Å²) in [5.74, 6) is -0.598. The van der Waals surface area contributed by atoms with Crippen molar-refractivity contribution < 1.29 is 25.2 Å². The summed E-state index contributed by atoms with van der Waals surface area (Å²) in [7, 11) is 0. The Balaban J connectivity index is 1.38. The Kier molecular flexibility index (Phi) is 13.1. The summed E-state index contributed by atoms with van der Waals surface area (Å²) in [4.78, 5) is 12.1. The SMILES string of the molecule is CCCCCCCC(O)CCCCCCC(C(=O)O)C(O)C1CCC2C(CC3=CCNC(N)=C3)CCC2(O)C1. The van der Waals surface area contributed by atoms with Crippen molar-refractivity contribution in [2.75, 3.05) is 6.54 Å². The van der Waals surface area contributed by atoms with Crippen LogP contribution in [0.15, 0.2) is 23.5 Å². The number of dihydropyridines is 1. The highest BCUT2D eigenvalue weighted by Crippen LogP contribution is 2.53. The maximum Gasteiger partial charge on any atom is 0.309 e. The average molecular weight is 549 g/mol. The molecule has 1 heterocycles. The highest BCUT2D eigenvalue weighted by atomic mass is 16.4. The van der Waals surface area contributed by atoms with E-state index < -0.39 is 23.6 Å². The third-order valence-electron chi connectivity index (χ3n) is 9.84. The van der Waals surface area contributed by atoms with E-state index in [2.05, 4.69) is 18.3 Å². The first-order chi connectivity index (χ1) is 18.7. The molecule has 2 fully saturated rings. The number of allylic oxidation sites excluding steroid dienone is 2. The van der Waals surface area contributed by atoms with E-state index in [4.69, 9.17) is 5.73 Å². The van der Waals surface area contributed by atoms with E-state index in [1.165, 1.54) is 31.3 Å². The zero-order valence-electron chi connectivity index (χ0n) is 24.3. The molecule has 0 saturated heterocycles. The summed E-state index contributed by atoms with van der Waals surface area (Å²) >= 11 is 0. The van der Waals surface area contributed by atoms with Gasteiger partial charge in [0.25, 0.3) is 0 Å². The van der Waals surface area contributed by atoms with E-state index >= 15 is 0 Å². The van der Waals surface area contributed by atoms with Crippen LogP contribution in [0.3, 0.4) is 0 Å². The van der Waals surface area contributed by atoms with E-state index in [0.717, 1.165) is 83.6 Å². The third-order valence-corrected chi connectivity index (χ3v) is 9.84. The molecule has 2 aliphatic carbocycles. The first-order valence-electron chi connectivity index (χ1n) is 15.9. The molecular weight excluding hydrogens is 492 g/mol. The van der Waals surface area contributed by atoms with E-state index in [9.17, 15) is 25.2 Å². The van der Waals surface area contributed by atoms with Gasteiger partial charge in [-0.2, -0.15) is 0 Å². The number of hydrogen-bond acceptors (Lipinski definition) is 6. The van der Waals surface area contributed by atoms with Crippen LogP contribution in [-0.4, -0.2) is 50.7 Å². The van der Waals surface area contributed by atoms with Crippen LogP contribution in [0.1, 0.15) is 122 Å². The summed E-state index contributed by atoms with van der Waals surface area (Å²) in [6, 6.07) is 0. The lowest BCUT2D eigenvalue weighted by Crippen LogP contribution is -2.46. The minimum absolute atomic E-state index is 0.174. The van der Waals surface area contributed by atoms with E-state index in [-0.39, 0.29) is 17.9 Å². The Morgan fingerprint density at radius 1 is 1.03 bits per heavy atom. The predicted molar refractivity (Wildman–Crippen MR) is 156 cm³/mol. The molecule has 0 bridgehead atoms. The summed E-state index contributed by atoms with van der Waals surface area (Å²) in [6.45, 7) is 2.95. The highest BCUT2D eigenvalue weighted by Gasteiger charge is 2.52. The first-order valence-corrected chi connectivity index (χ1v) is 15.9. The maximum atomic E-state index is 12.1. The van der Waals surface area contributed by atoms with Crippen LogP contribution < -0.4 is 11.1 Å². The van der Waals surface area contributed by atoms with E-state index in [1.807, 2.05) is 6.08 Å². The largest absolute Gasteiger partial charge is 0.481 e. The zero-order valence-corrected chi connectivity index (χ0v) is 24.3. The summed E-state index contributed by atoms with van der Waals surface area (Å²) in [5.41, 5.74) is 6.35. The van der Waals surface area contributed by atoms with E-state index in [1.54, 1.807) is 0 Å². The zero-order chi connectivity index (χ0) is 28.3. The molecular formula is C32H56N2O5. The molecule has 39 heavy (non-hydrogen) atoms. The molecule has 0 radical (unpaired) electrons. The van der Waals surface area contributed by atoms with Crippen LogP contribution in [0.4, 0.5) is 0 Å². The van der Waals surface area contributed by atoms with Gasteiger partial charge in [-0.3, -0.25) is 4.79 Å². The Morgan fingerprint density at radius 2 is 1.69 bits per heavy atom. The average Bonchev–Trinajstić information content (AvgIpc) is 3.22.